The van der Waals surface area contributed by atoms with Crippen molar-refractivity contribution < 1.29 is 13.2 Å². The number of amides is 1. The van der Waals surface area contributed by atoms with Crippen LogP contribution in [0, 0.1) is 5.92 Å². The molecular formula is C18H27BrN2O3S. The minimum absolute atomic E-state index is 0.0648. The van der Waals surface area contributed by atoms with Crippen LogP contribution < -0.4 is 5.32 Å². The summed E-state index contributed by atoms with van der Waals surface area (Å²) < 4.78 is 28.5. The summed E-state index contributed by atoms with van der Waals surface area (Å²) in [5.41, 5.74) is -0.316. The van der Waals surface area contributed by atoms with Gasteiger partial charge in [0.2, 0.25) is 15.9 Å². The van der Waals surface area contributed by atoms with Crippen LogP contribution in [-0.2, 0) is 14.8 Å². The molecule has 2 atom stereocenters. The van der Waals surface area contributed by atoms with Gasteiger partial charge in [0, 0.05) is 22.6 Å². The van der Waals surface area contributed by atoms with Crippen molar-refractivity contribution in [3.63, 3.8) is 0 Å². The van der Waals surface area contributed by atoms with Gasteiger partial charge in [-0.2, -0.15) is 4.31 Å². The molecule has 1 aromatic rings. The first-order valence-electron chi connectivity index (χ1n) is 8.65. The lowest BCUT2D eigenvalue weighted by Gasteiger charge is -2.24. The molecule has 1 fully saturated rings. The van der Waals surface area contributed by atoms with Crippen LogP contribution in [0.1, 0.15) is 47.0 Å². The van der Waals surface area contributed by atoms with E-state index < -0.39 is 10.0 Å². The molecule has 0 saturated heterocycles. The highest BCUT2D eigenvalue weighted by atomic mass is 79.9. The molecule has 140 valence electrons. The summed E-state index contributed by atoms with van der Waals surface area (Å²) in [6, 6.07) is 6.40. The minimum Gasteiger partial charge on any atom is -0.351 e. The van der Waals surface area contributed by atoms with Crippen LogP contribution in [0.5, 0.6) is 0 Å². The molecule has 0 aromatic heterocycles. The lowest BCUT2D eigenvalue weighted by atomic mass is 10.1. The van der Waals surface area contributed by atoms with E-state index in [4.69, 9.17) is 0 Å². The zero-order valence-electron chi connectivity index (χ0n) is 15.3. The fourth-order valence-corrected chi connectivity index (χ4v) is 4.74. The topological polar surface area (TPSA) is 66.5 Å². The maximum absolute atomic E-state index is 13.1. The number of halogens is 1. The van der Waals surface area contributed by atoms with Gasteiger partial charge >= 0.3 is 0 Å². The molecule has 1 N–H and O–H groups in total. The maximum Gasteiger partial charge on any atom is 0.243 e. The van der Waals surface area contributed by atoms with Crippen molar-refractivity contribution in [2.45, 2.75) is 63.4 Å². The van der Waals surface area contributed by atoms with Crippen LogP contribution in [0.3, 0.4) is 0 Å². The quantitative estimate of drug-likeness (QED) is 0.718. The molecule has 1 aliphatic carbocycles. The van der Waals surface area contributed by atoms with Gasteiger partial charge in [-0.15, -0.1) is 0 Å². The first-order valence-corrected chi connectivity index (χ1v) is 10.9. The predicted molar refractivity (Wildman–Crippen MR) is 103 cm³/mol. The van der Waals surface area contributed by atoms with Gasteiger partial charge in [0.15, 0.2) is 0 Å². The zero-order valence-corrected chi connectivity index (χ0v) is 17.7. The van der Waals surface area contributed by atoms with Crippen molar-refractivity contribution in [3.05, 3.63) is 28.7 Å². The van der Waals surface area contributed by atoms with E-state index in [-0.39, 0.29) is 28.3 Å². The van der Waals surface area contributed by atoms with Crippen LogP contribution in [0.2, 0.25) is 0 Å². The van der Waals surface area contributed by atoms with Gasteiger partial charge in [-0.05, 0) is 57.9 Å². The molecular weight excluding hydrogens is 404 g/mol. The summed E-state index contributed by atoms with van der Waals surface area (Å²) in [5, 5.41) is 2.95. The summed E-state index contributed by atoms with van der Waals surface area (Å²) in [6.07, 6.45) is 2.26. The van der Waals surface area contributed by atoms with Gasteiger partial charge in [-0.3, -0.25) is 4.79 Å². The molecule has 25 heavy (non-hydrogen) atoms. The third-order valence-corrected chi connectivity index (χ3v) is 6.58. The van der Waals surface area contributed by atoms with Crippen molar-refractivity contribution in [1.82, 2.24) is 9.62 Å². The highest BCUT2D eigenvalue weighted by molar-refractivity contribution is 9.10. The Morgan fingerprint density at radius 1 is 1.28 bits per heavy atom. The lowest BCUT2D eigenvalue weighted by molar-refractivity contribution is -0.124. The SMILES string of the molecule is CCCCN([C@@H]1C[C@H]1C(=O)NC(C)(C)C)S(=O)(=O)c1ccc(Br)cc1. The molecule has 0 spiro atoms. The van der Waals surface area contributed by atoms with E-state index in [1.807, 2.05) is 27.7 Å². The second kappa shape index (κ2) is 7.76. The number of carbonyl (C=O) groups is 1. The van der Waals surface area contributed by atoms with Crippen molar-refractivity contribution in [2.24, 2.45) is 5.92 Å². The standard InChI is InChI=1S/C18H27BrN2O3S/c1-5-6-11-21(16-12-15(16)17(22)20-18(2,3)4)25(23,24)14-9-7-13(19)8-10-14/h7-10,15-16H,5-6,11-12H2,1-4H3,(H,20,22)/t15-,16-/m1/s1. The van der Waals surface area contributed by atoms with Crippen LogP contribution in [-0.4, -0.2) is 36.8 Å². The molecule has 7 heteroatoms. The molecule has 1 amide bonds. The fourth-order valence-electron chi connectivity index (χ4n) is 2.76. The maximum atomic E-state index is 13.1. The van der Waals surface area contributed by atoms with E-state index in [9.17, 15) is 13.2 Å². The number of sulfonamides is 1. The monoisotopic (exact) mass is 430 g/mol. The van der Waals surface area contributed by atoms with Gasteiger partial charge in [-0.1, -0.05) is 29.3 Å². The summed E-state index contributed by atoms with van der Waals surface area (Å²) in [5.74, 6) is -0.327. The van der Waals surface area contributed by atoms with E-state index in [0.29, 0.717) is 13.0 Å². The minimum atomic E-state index is -3.60. The van der Waals surface area contributed by atoms with Crippen LogP contribution >= 0.6 is 15.9 Å². The van der Waals surface area contributed by atoms with E-state index in [2.05, 4.69) is 21.2 Å². The number of hydrogen-bond acceptors (Lipinski definition) is 3. The van der Waals surface area contributed by atoms with Crippen molar-refractivity contribution in [2.75, 3.05) is 6.54 Å². The van der Waals surface area contributed by atoms with Crippen LogP contribution in [0.4, 0.5) is 0 Å². The molecule has 1 saturated carbocycles. The molecule has 5 nitrogen and oxygen atoms in total. The van der Waals surface area contributed by atoms with E-state index in [0.717, 1.165) is 17.3 Å². The van der Waals surface area contributed by atoms with Crippen LogP contribution in [0.25, 0.3) is 0 Å². The second-order valence-corrected chi connectivity index (χ2v) is 10.4. The molecule has 1 aromatic carbocycles. The Hall–Kier alpha value is -0.920. The third kappa shape index (κ3) is 5.28. The Kier molecular flexibility index (Phi) is 6.33. The first kappa shape index (κ1) is 20.4. The van der Waals surface area contributed by atoms with Crippen molar-refractivity contribution >= 4 is 31.9 Å². The Labute approximate surface area is 159 Å². The molecule has 0 aliphatic heterocycles. The Morgan fingerprint density at radius 3 is 2.40 bits per heavy atom. The normalized spacial score (nSPS) is 20.6. The Bertz CT molecular complexity index is 711. The molecule has 0 bridgehead atoms. The van der Waals surface area contributed by atoms with Crippen molar-refractivity contribution in [3.8, 4) is 0 Å². The first-order chi connectivity index (χ1) is 11.6. The van der Waals surface area contributed by atoms with Crippen LogP contribution in [0.15, 0.2) is 33.6 Å². The number of rotatable bonds is 7. The highest BCUT2D eigenvalue weighted by Crippen LogP contribution is 2.39. The molecule has 0 radical (unpaired) electrons. The fraction of sp³-hybridized carbons (Fsp3) is 0.611. The zero-order chi connectivity index (χ0) is 18.8. The molecule has 1 aliphatic rings. The summed E-state index contributed by atoms with van der Waals surface area (Å²) in [6.45, 7) is 8.25. The number of nitrogens with zero attached hydrogens (tertiary/aromatic N) is 1. The number of unbranched alkanes of at least 4 members (excludes halogenated alkanes) is 1. The lowest BCUT2D eigenvalue weighted by Crippen LogP contribution is -2.43. The van der Waals surface area contributed by atoms with E-state index in [1.165, 1.54) is 4.31 Å². The van der Waals surface area contributed by atoms with Crippen molar-refractivity contribution in [1.29, 1.82) is 0 Å². The largest absolute Gasteiger partial charge is 0.351 e. The average Bonchev–Trinajstić information content (AvgIpc) is 3.26. The number of hydrogen-bond donors (Lipinski definition) is 1. The molecule has 0 unspecified atom stereocenters. The average molecular weight is 431 g/mol. The summed E-state index contributed by atoms with van der Waals surface area (Å²) >= 11 is 3.33. The predicted octanol–water partition coefficient (Wildman–Crippen LogP) is 3.54. The number of benzene rings is 1. The molecule has 2 rings (SSSR count). The smallest absolute Gasteiger partial charge is 0.243 e. The van der Waals surface area contributed by atoms with Gasteiger partial charge in [0.05, 0.1) is 10.8 Å². The second-order valence-electron chi connectivity index (χ2n) is 7.57. The summed E-state index contributed by atoms with van der Waals surface area (Å²) in [7, 11) is -3.60. The van der Waals surface area contributed by atoms with Gasteiger partial charge in [0.25, 0.3) is 0 Å². The number of nitrogens with one attached hydrogen (secondary N) is 1. The Morgan fingerprint density at radius 2 is 1.88 bits per heavy atom. The van der Waals surface area contributed by atoms with Gasteiger partial charge in [-0.25, -0.2) is 8.42 Å². The van der Waals surface area contributed by atoms with Gasteiger partial charge in [0.1, 0.15) is 0 Å². The number of carbonyl (C=O) groups excluding carboxylic acids is 1. The highest BCUT2D eigenvalue weighted by Gasteiger charge is 2.51. The van der Waals surface area contributed by atoms with Gasteiger partial charge < -0.3 is 5.32 Å². The van der Waals surface area contributed by atoms with E-state index >= 15 is 0 Å². The van der Waals surface area contributed by atoms with E-state index in [1.54, 1.807) is 24.3 Å². The third-order valence-electron chi connectivity index (χ3n) is 4.11. The Balaban J connectivity index is 2.20. The molecule has 0 heterocycles. The summed E-state index contributed by atoms with van der Waals surface area (Å²) in [4.78, 5) is 12.7.